The zero-order valence-electron chi connectivity index (χ0n) is 19.2. The molecular weight excluding hydrogens is 465 g/mol. The van der Waals surface area contributed by atoms with Gasteiger partial charge in [0.2, 0.25) is 0 Å². The van der Waals surface area contributed by atoms with Crippen molar-refractivity contribution in [2.75, 3.05) is 36.2 Å². The minimum absolute atomic E-state index is 0.690. The fourth-order valence-corrected chi connectivity index (χ4v) is 5.79. The van der Waals surface area contributed by atoms with Crippen LogP contribution in [-0.2, 0) is 0 Å². The minimum atomic E-state index is 0.690. The van der Waals surface area contributed by atoms with Crippen LogP contribution in [0.2, 0.25) is 0 Å². The minimum Gasteiger partial charge on any atom is -0.491 e. The number of fused-ring (bicyclic) bond motifs is 2. The summed E-state index contributed by atoms with van der Waals surface area (Å²) in [6.07, 6.45) is 0. The maximum atomic E-state index is 6.52. The van der Waals surface area contributed by atoms with E-state index in [1.807, 2.05) is 23.5 Å². The van der Waals surface area contributed by atoms with Crippen molar-refractivity contribution in [2.45, 2.75) is 23.6 Å². The van der Waals surface area contributed by atoms with Crippen molar-refractivity contribution in [1.29, 1.82) is 0 Å². The van der Waals surface area contributed by atoms with Crippen molar-refractivity contribution in [3.63, 3.8) is 0 Å². The molecule has 0 spiro atoms. The molecule has 0 aromatic heterocycles. The fraction of sp³-hybridized carbons (Fsp3) is 0.286. The lowest BCUT2D eigenvalue weighted by Crippen LogP contribution is -2.05. The van der Waals surface area contributed by atoms with E-state index >= 15 is 0 Å². The summed E-state index contributed by atoms with van der Waals surface area (Å²) in [5, 5.41) is 4.50. The van der Waals surface area contributed by atoms with Crippen LogP contribution in [0.1, 0.15) is 13.8 Å². The first-order chi connectivity index (χ1) is 16.3. The summed E-state index contributed by atoms with van der Waals surface area (Å²) in [6, 6.07) is 25.5. The number of hydrogen-bond donors (Lipinski definition) is 0. The summed E-state index contributed by atoms with van der Waals surface area (Å²) in [5.74, 6) is 6.09. The van der Waals surface area contributed by atoms with Crippen molar-refractivity contribution in [3.8, 4) is 11.5 Å². The molecule has 4 aromatic rings. The Morgan fingerprint density at radius 3 is 1.85 bits per heavy atom. The van der Waals surface area contributed by atoms with Gasteiger partial charge in [-0.3, -0.25) is 0 Å². The van der Waals surface area contributed by atoms with Crippen molar-refractivity contribution in [3.05, 3.63) is 72.8 Å². The van der Waals surface area contributed by atoms with Crippen LogP contribution in [0.15, 0.2) is 82.6 Å². The molecule has 0 heterocycles. The first-order valence-electron chi connectivity index (χ1n) is 11.4. The van der Waals surface area contributed by atoms with Crippen molar-refractivity contribution >= 4 is 56.8 Å². The van der Waals surface area contributed by atoms with Gasteiger partial charge in [-0.2, -0.15) is 23.5 Å². The second kappa shape index (κ2) is 12.5. The molecule has 0 atom stereocenters. The maximum absolute atomic E-state index is 6.52. The van der Waals surface area contributed by atoms with Crippen LogP contribution >= 0.6 is 35.3 Å². The topological polar surface area (TPSA) is 18.5 Å². The molecule has 0 saturated carbocycles. The average molecular weight is 495 g/mol. The lowest BCUT2D eigenvalue weighted by molar-refractivity contribution is 0.346. The number of ether oxygens (including phenoxy) is 2. The van der Waals surface area contributed by atoms with Gasteiger partial charge in [-0.15, -0.1) is 0 Å². The summed E-state index contributed by atoms with van der Waals surface area (Å²) in [5.41, 5.74) is 0. The van der Waals surface area contributed by atoms with Crippen LogP contribution in [0.3, 0.4) is 0 Å². The average Bonchev–Trinajstić information content (AvgIpc) is 2.86. The standard InChI is InChI=1S/C28H30O2S3/c1-3-31-19-17-29-27-22-13-8-9-14-23(22)28(30-18-20-32-4-2)26-24(27)15-10-16-25(26)33-21-11-6-5-7-12-21/h5-16H,3-4,17-20H2,1-2H3. The number of hydrogen-bond acceptors (Lipinski definition) is 5. The fourth-order valence-electron chi connectivity index (χ4n) is 3.81. The molecule has 5 heteroatoms. The van der Waals surface area contributed by atoms with Crippen molar-refractivity contribution < 1.29 is 9.47 Å². The van der Waals surface area contributed by atoms with Gasteiger partial charge in [0.1, 0.15) is 11.5 Å². The Morgan fingerprint density at radius 2 is 1.18 bits per heavy atom. The highest BCUT2D eigenvalue weighted by molar-refractivity contribution is 7.99. The highest BCUT2D eigenvalue weighted by atomic mass is 32.2. The second-order valence-electron chi connectivity index (χ2n) is 7.39. The molecule has 0 saturated heterocycles. The Morgan fingerprint density at radius 1 is 0.606 bits per heavy atom. The van der Waals surface area contributed by atoms with Gasteiger partial charge in [0.25, 0.3) is 0 Å². The van der Waals surface area contributed by atoms with E-state index in [-0.39, 0.29) is 0 Å². The van der Waals surface area contributed by atoms with Crippen LogP contribution in [0.5, 0.6) is 11.5 Å². The normalized spacial score (nSPS) is 11.2. The van der Waals surface area contributed by atoms with E-state index in [0.29, 0.717) is 13.2 Å². The van der Waals surface area contributed by atoms with Crippen LogP contribution in [-0.4, -0.2) is 36.2 Å². The summed E-state index contributed by atoms with van der Waals surface area (Å²) < 4.78 is 13.0. The Hall–Kier alpha value is -1.95. The van der Waals surface area contributed by atoms with Gasteiger partial charge >= 0.3 is 0 Å². The first kappa shape index (κ1) is 24.2. The van der Waals surface area contributed by atoms with E-state index in [2.05, 4.69) is 86.6 Å². The van der Waals surface area contributed by atoms with E-state index in [1.54, 1.807) is 11.8 Å². The van der Waals surface area contributed by atoms with Crippen LogP contribution in [0, 0.1) is 0 Å². The van der Waals surface area contributed by atoms with Gasteiger partial charge in [-0.05, 0) is 29.7 Å². The lowest BCUT2D eigenvalue weighted by Gasteiger charge is -2.20. The highest BCUT2D eigenvalue weighted by Gasteiger charge is 2.19. The van der Waals surface area contributed by atoms with Gasteiger partial charge in [0.05, 0.1) is 13.2 Å². The molecular formula is C28H30O2S3. The molecule has 0 amide bonds. The molecule has 0 N–H and O–H groups in total. The smallest absolute Gasteiger partial charge is 0.136 e. The van der Waals surface area contributed by atoms with E-state index in [4.69, 9.17) is 9.47 Å². The van der Waals surface area contributed by atoms with Gasteiger partial charge in [0, 0.05) is 42.8 Å². The monoisotopic (exact) mass is 494 g/mol. The molecule has 4 aromatic carbocycles. The third kappa shape index (κ3) is 5.95. The molecule has 0 bridgehead atoms. The molecule has 0 fully saturated rings. The first-order valence-corrected chi connectivity index (χ1v) is 14.6. The van der Waals surface area contributed by atoms with Crippen molar-refractivity contribution in [1.82, 2.24) is 0 Å². The Labute approximate surface area is 209 Å². The molecule has 0 unspecified atom stereocenters. The zero-order valence-corrected chi connectivity index (χ0v) is 21.7. The maximum Gasteiger partial charge on any atom is 0.136 e. The summed E-state index contributed by atoms with van der Waals surface area (Å²) in [4.78, 5) is 2.41. The van der Waals surface area contributed by atoms with Crippen LogP contribution in [0.25, 0.3) is 21.5 Å². The third-order valence-electron chi connectivity index (χ3n) is 5.24. The Kier molecular flexibility index (Phi) is 9.16. The molecule has 0 radical (unpaired) electrons. The predicted molar refractivity (Wildman–Crippen MR) is 149 cm³/mol. The molecule has 0 aliphatic rings. The van der Waals surface area contributed by atoms with Gasteiger partial charge < -0.3 is 9.47 Å². The van der Waals surface area contributed by atoms with E-state index in [0.717, 1.165) is 56.1 Å². The van der Waals surface area contributed by atoms with E-state index in [1.165, 1.54) is 9.79 Å². The Bertz CT molecular complexity index is 1180. The summed E-state index contributed by atoms with van der Waals surface area (Å²) in [7, 11) is 0. The van der Waals surface area contributed by atoms with E-state index < -0.39 is 0 Å². The second-order valence-corrected chi connectivity index (χ2v) is 11.3. The molecule has 33 heavy (non-hydrogen) atoms. The zero-order chi connectivity index (χ0) is 22.9. The number of benzene rings is 4. The van der Waals surface area contributed by atoms with Crippen LogP contribution in [0.4, 0.5) is 0 Å². The number of rotatable bonds is 12. The lowest BCUT2D eigenvalue weighted by atomic mass is 10.0. The highest BCUT2D eigenvalue weighted by Crippen LogP contribution is 2.47. The van der Waals surface area contributed by atoms with Crippen LogP contribution < -0.4 is 9.47 Å². The number of thioether (sulfide) groups is 2. The van der Waals surface area contributed by atoms with Gasteiger partial charge in [-0.25, -0.2) is 0 Å². The van der Waals surface area contributed by atoms with Gasteiger partial charge in [-0.1, -0.05) is 80.2 Å². The molecule has 4 rings (SSSR count). The Balaban J connectivity index is 1.87. The SMILES string of the molecule is CCSCCOc1c2ccccc2c(OCCSCC)c2c(Sc3ccccc3)cccc12. The van der Waals surface area contributed by atoms with Crippen molar-refractivity contribution in [2.24, 2.45) is 0 Å². The molecule has 172 valence electrons. The summed E-state index contributed by atoms with van der Waals surface area (Å²) >= 11 is 5.59. The predicted octanol–water partition coefficient (Wildman–Crippen LogP) is 8.41. The third-order valence-corrected chi connectivity index (χ3v) is 8.04. The quantitative estimate of drug-likeness (QED) is 0.145. The molecule has 0 aliphatic heterocycles. The summed E-state index contributed by atoms with van der Waals surface area (Å²) in [6.45, 7) is 5.76. The largest absolute Gasteiger partial charge is 0.491 e. The molecule has 2 nitrogen and oxygen atoms in total. The van der Waals surface area contributed by atoms with Gasteiger partial charge in [0.15, 0.2) is 0 Å². The molecule has 0 aliphatic carbocycles. The van der Waals surface area contributed by atoms with E-state index in [9.17, 15) is 0 Å².